The van der Waals surface area contributed by atoms with Gasteiger partial charge < -0.3 is 5.73 Å². The van der Waals surface area contributed by atoms with Gasteiger partial charge >= 0.3 is 0 Å². The molecule has 0 radical (unpaired) electrons. The highest BCUT2D eigenvalue weighted by molar-refractivity contribution is 6.35. The lowest BCUT2D eigenvalue weighted by atomic mass is 9.90. The number of nitrogens with zero attached hydrogens (tertiary/aromatic N) is 1. The first-order valence-electron chi connectivity index (χ1n) is 7.75. The summed E-state index contributed by atoms with van der Waals surface area (Å²) in [5, 5.41) is 9.91. The topological polar surface area (TPSA) is 49.8 Å². The number of nitrogens with two attached hydrogens (primary N) is 1. The normalized spacial score (nSPS) is 11.3. The molecule has 0 atom stereocenters. The largest absolute Gasteiger partial charge is 0.398 e. The standard InChI is InChI=1S/C20H21ClN2/c1-4-5-7-16(17-8-6-9-19(23)20(17)21)18-11-15(12-22)13(2)10-14(18)3/h6-11H,4-5,23H2,1-3H3/b16-7-. The fourth-order valence-electron chi connectivity index (χ4n) is 2.67. The summed E-state index contributed by atoms with van der Waals surface area (Å²) in [6.07, 6.45) is 4.16. The monoisotopic (exact) mass is 324 g/mol. The van der Waals surface area contributed by atoms with Gasteiger partial charge in [-0.3, -0.25) is 0 Å². The molecule has 3 heteroatoms. The van der Waals surface area contributed by atoms with Crippen LogP contribution in [0.1, 0.15) is 47.6 Å². The Morgan fingerprint density at radius 3 is 2.61 bits per heavy atom. The molecule has 0 fully saturated rings. The molecule has 0 saturated carbocycles. The second-order valence-corrected chi connectivity index (χ2v) is 6.09. The van der Waals surface area contributed by atoms with E-state index in [2.05, 4.69) is 26.0 Å². The summed E-state index contributed by atoms with van der Waals surface area (Å²) in [5.41, 5.74) is 12.3. The number of aryl methyl sites for hydroxylation is 2. The maximum Gasteiger partial charge on any atom is 0.0994 e. The van der Waals surface area contributed by atoms with E-state index in [9.17, 15) is 5.26 Å². The molecule has 0 amide bonds. The SMILES string of the molecule is CCC/C=C(\c1cc(C#N)c(C)cc1C)c1cccc(N)c1Cl. The first-order chi connectivity index (χ1) is 11.0. The summed E-state index contributed by atoms with van der Waals surface area (Å²) in [6, 6.07) is 11.9. The maximum atomic E-state index is 9.35. The van der Waals surface area contributed by atoms with Gasteiger partial charge in [0.25, 0.3) is 0 Å². The number of hydrogen-bond donors (Lipinski definition) is 1. The molecule has 0 aromatic heterocycles. The van der Waals surface area contributed by atoms with Crippen LogP contribution in [0.3, 0.4) is 0 Å². The van der Waals surface area contributed by atoms with Crippen molar-refractivity contribution in [1.82, 2.24) is 0 Å². The highest BCUT2D eigenvalue weighted by Gasteiger charge is 2.14. The first-order valence-corrected chi connectivity index (χ1v) is 8.13. The van der Waals surface area contributed by atoms with Gasteiger partial charge in [0.15, 0.2) is 0 Å². The molecule has 0 saturated heterocycles. The summed E-state index contributed by atoms with van der Waals surface area (Å²) in [4.78, 5) is 0. The Hall–Kier alpha value is -2.24. The Bertz CT molecular complexity index is 798. The molecule has 2 nitrogen and oxygen atoms in total. The van der Waals surface area contributed by atoms with E-state index in [1.165, 1.54) is 0 Å². The van der Waals surface area contributed by atoms with Gasteiger partial charge in [0, 0.05) is 5.56 Å². The zero-order valence-electron chi connectivity index (χ0n) is 13.8. The average Bonchev–Trinajstić information content (AvgIpc) is 2.53. The Morgan fingerprint density at radius 2 is 1.96 bits per heavy atom. The summed E-state index contributed by atoms with van der Waals surface area (Å²) < 4.78 is 0. The second kappa shape index (κ2) is 7.35. The molecule has 0 unspecified atom stereocenters. The molecule has 0 spiro atoms. The minimum Gasteiger partial charge on any atom is -0.398 e. The van der Waals surface area contributed by atoms with Crippen molar-refractivity contribution < 1.29 is 0 Å². The number of allylic oxidation sites excluding steroid dienone is 1. The van der Waals surface area contributed by atoms with Crippen molar-refractivity contribution in [3.63, 3.8) is 0 Å². The van der Waals surface area contributed by atoms with E-state index in [1.54, 1.807) is 6.07 Å². The molecule has 0 bridgehead atoms. The second-order valence-electron chi connectivity index (χ2n) is 5.71. The van der Waals surface area contributed by atoms with Crippen molar-refractivity contribution in [2.45, 2.75) is 33.6 Å². The smallest absolute Gasteiger partial charge is 0.0994 e. The Kier molecular flexibility index (Phi) is 5.47. The van der Waals surface area contributed by atoms with E-state index in [0.29, 0.717) is 16.3 Å². The average molecular weight is 325 g/mol. The van der Waals surface area contributed by atoms with Crippen molar-refractivity contribution >= 4 is 22.9 Å². The lowest BCUT2D eigenvalue weighted by molar-refractivity contribution is 0.959. The number of nitriles is 1. The lowest BCUT2D eigenvalue weighted by Crippen LogP contribution is -1.98. The molecule has 2 N–H and O–H groups in total. The molecular formula is C20H21ClN2. The third-order valence-electron chi connectivity index (χ3n) is 3.94. The van der Waals surface area contributed by atoms with Crippen molar-refractivity contribution in [3.05, 3.63) is 69.2 Å². The fraction of sp³-hybridized carbons (Fsp3) is 0.250. The van der Waals surface area contributed by atoms with Crippen LogP contribution in [0.2, 0.25) is 5.02 Å². The van der Waals surface area contributed by atoms with Crippen molar-refractivity contribution in [3.8, 4) is 6.07 Å². The molecule has 23 heavy (non-hydrogen) atoms. The number of rotatable bonds is 4. The molecular weight excluding hydrogens is 304 g/mol. The molecule has 0 aliphatic rings. The minimum absolute atomic E-state index is 0.563. The van der Waals surface area contributed by atoms with Crippen LogP contribution in [0.25, 0.3) is 5.57 Å². The van der Waals surface area contributed by atoms with Crippen molar-refractivity contribution in [2.75, 3.05) is 5.73 Å². The zero-order valence-corrected chi connectivity index (χ0v) is 14.5. The van der Waals surface area contributed by atoms with Gasteiger partial charge in [-0.25, -0.2) is 0 Å². The maximum absolute atomic E-state index is 9.35. The van der Waals surface area contributed by atoms with Gasteiger partial charge in [0.05, 0.1) is 22.3 Å². The van der Waals surface area contributed by atoms with Crippen LogP contribution < -0.4 is 5.73 Å². The van der Waals surface area contributed by atoms with Crippen LogP contribution >= 0.6 is 11.6 Å². The van der Waals surface area contributed by atoms with Gasteiger partial charge in [-0.1, -0.05) is 49.2 Å². The predicted molar refractivity (Wildman–Crippen MR) is 98.5 cm³/mol. The van der Waals surface area contributed by atoms with Crippen LogP contribution in [0.4, 0.5) is 5.69 Å². The zero-order chi connectivity index (χ0) is 17.0. The summed E-state index contributed by atoms with van der Waals surface area (Å²) in [6.45, 7) is 6.15. The van der Waals surface area contributed by atoms with E-state index >= 15 is 0 Å². The number of unbranched alkanes of at least 4 members (excludes halogenated alkanes) is 1. The van der Waals surface area contributed by atoms with Crippen molar-refractivity contribution in [2.24, 2.45) is 0 Å². The molecule has 0 heterocycles. The number of anilines is 1. The first kappa shape index (κ1) is 17.1. The van der Waals surface area contributed by atoms with Crippen LogP contribution in [0.15, 0.2) is 36.4 Å². The van der Waals surface area contributed by atoms with Gasteiger partial charge in [-0.2, -0.15) is 5.26 Å². The number of nitrogen functional groups attached to an aromatic ring is 1. The third-order valence-corrected chi connectivity index (χ3v) is 4.36. The van der Waals surface area contributed by atoms with Crippen LogP contribution in [0.5, 0.6) is 0 Å². The molecule has 2 aromatic rings. The Labute approximate surface area is 143 Å². The predicted octanol–water partition coefficient (Wildman–Crippen LogP) is 5.64. The number of benzene rings is 2. The summed E-state index contributed by atoms with van der Waals surface area (Å²) >= 11 is 6.44. The van der Waals surface area contributed by atoms with Gasteiger partial charge in [-0.05, 0) is 54.7 Å². The van der Waals surface area contributed by atoms with E-state index < -0.39 is 0 Å². The van der Waals surface area contributed by atoms with E-state index in [4.69, 9.17) is 17.3 Å². The number of halogens is 1. The molecule has 2 rings (SSSR count). The van der Waals surface area contributed by atoms with Gasteiger partial charge in [0.2, 0.25) is 0 Å². The highest BCUT2D eigenvalue weighted by atomic mass is 35.5. The van der Waals surface area contributed by atoms with Crippen LogP contribution in [-0.2, 0) is 0 Å². The molecule has 0 aliphatic heterocycles. The number of hydrogen-bond acceptors (Lipinski definition) is 2. The van der Waals surface area contributed by atoms with Gasteiger partial charge in [-0.15, -0.1) is 0 Å². The molecule has 2 aromatic carbocycles. The minimum atomic E-state index is 0.563. The quantitative estimate of drug-likeness (QED) is 0.739. The van der Waals surface area contributed by atoms with Crippen LogP contribution in [-0.4, -0.2) is 0 Å². The summed E-state index contributed by atoms with van der Waals surface area (Å²) in [7, 11) is 0. The van der Waals surface area contributed by atoms with E-state index in [-0.39, 0.29) is 0 Å². The Morgan fingerprint density at radius 1 is 1.22 bits per heavy atom. The summed E-state index contributed by atoms with van der Waals surface area (Å²) in [5.74, 6) is 0. The fourth-order valence-corrected chi connectivity index (χ4v) is 2.90. The van der Waals surface area contributed by atoms with E-state index in [0.717, 1.165) is 40.7 Å². The van der Waals surface area contributed by atoms with Crippen molar-refractivity contribution in [1.29, 1.82) is 5.26 Å². The molecule has 0 aliphatic carbocycles. The van der Waals surface area contributed by atoms with Crippen LogP contribution in [0, 0.1) is 25.2 Å². The van der Waals surface area contributed by atoms with E-state index in [1.807, 2.05) is 31.2 Å². The third kappa shape index (κ3) is 3.57. The van der Waals surface area contributed by atoms with Gasteiger partial charge in [0.1, 0.15) is 0 Å². The highest BCUT2D eigenvalue weighted by Crippen LogP contribution is 2.35. The molecule has 118 valence electrons. The lowest BCUT2D eigenvalue weighted by Gasteiger charge is -2.16. The Balaban J connectivity index is 2.71.